The minimum atomic E-state index is -0.179. The number of aromatic nitrogens is 2. The van der Waals surface area contributed by atoms with E-state index in [2.05, 4.69) is 17.3 Å². The number of nitrogens with zero attached hydrogens (tertiary/aromatic N) is 2. The van der Waals surface area contributed by atoms with Gasteiger partial charge in [0.1, 0.15) is 0 Å². The SMILES string of the molecule is CCn1nc(C(=O)N[C@@H]2CCCC[C@@H]2C)c2ccccc2c1=O. The van der Waals surface area contributed by atoms with Crippen molar-refractivity contribution < 1.29 is 4.79 Å². The van der Waals surface area contributed by atoms with Crippen molar-refractivity contribution in [3.63, 3.8) is 0 Å². The lowest BCUT2D eigenvalue weighted by molar-refractivity contribution is 0.0904. The van der Waals surface area contributed by atoms with E-state index in [0.29, 0.717) is 28.9 Å². The summed E-state index contributed by atoms with van der Waals surface area (Å²) in [6, 6.07) is 7.39. The highest BCUT2D eigenvalue weighted by Gasteiger charge is 2.25. The van der Waals surface area contributed by atoms with Crippen LogP contribution in [0.25, 0.3) is 10.8 Å². The summed E-state index contributed by atoms with van der Waals surface area (Å²) in [5.41, 5.74) is 0.200. The number of aryl methyl sites for hydroxylation is 1. The van der Waals surface area contributed by atoms with Crippen LogP contribution in [0, 0.1) is 5.92 Å². The van der Waals surface area contributed by atoms with Gasteiger partial charge in [0.05, 0.1) is 5.39 Å². The molecule has 1 aromatic carbocycles. The predicted molar refractivity (Wildman–Crippen MR) is 90.6 cm³/mol. The van der Waals surface area contributed by atoms with Crippen LogP contribution in [0.3, 0.4) is 0 Å². The van der Waals surface area contributed by atoms with Crippen molar-refractivity contribution in [2.45, 2.75) is 52.1 Å². The van der Waals surface area contributed by atoms with E-state index in [1.165, 1.54) is 11.1 Å². The third-order valence-electron chi connectivity index (χ3n) is 4.81. The van der Waals surface area contributed by atoms with Crippen molar-refractivity contribution in [1.82, 2.24) is 15.1 Å². The number of hydrogen-bond donors (Lipinski definition) is 1. The van der Waals surface area contributed by atoms with Gasteiger partial charge in [0.15, 0.2) is 5.69 Å². The molecule has 1 amide bonds. The molecule has 3 rings (SSSR count). The Morgan fingerprint density at radius 3 is 2.65 bits per heavy atom. The van der Waals surface area contributed by atoms with Crippen LogP contribution in [0.15, 0.2) is 29.1 Å². The van der Waals surface area contributed by atoms with E-state index >= 15 is 0 Å². The van der Waals surface area contributed by atoms with E-state index in [0.717, 1.165) is 19.3 Å². The second kappa shape index (κ2) is 6.52. The zero-order valence-electron chi connectivity index (χ0n) is 13.7. The van der Waals surface area contributed by atoms with Gasteiger partial charge >= 0.3 is 0 Å². The zero-order valence-corrected chi connectivity index (χ0v) is 13.7. The van der Waals surface area contributed by atoms with Gasteiger partial charge in [0.25, 0.3) is 11.5 Å². The molecule has 1 aliphatic rings. The largest absolute Gasteiger partial charge is 0.348 e. The van der Waals surface area contributed by atoms with Gasteiger partial charge in [0, 0.05) is 18.0 Å². The third-order valence-corrected chi connectivity index (χ3v) is 4.81. The number of amides is 1. The summed E-state index contributed by atoms with van der Waals surface area (Å²) in [5, 5.41) is 8.61. The predicted octanol–water partition coefficient (Wildman–Crippen LogP) is 2.72. The lowest BCUT2D eigenvalue weighted by Gasteiger charge is -2.29. The van der Waals surface area contributed by atoms with Crippen molar-refractivity contribution in [1.29, 1.82) is 0 Å². The van der Waals surface area contributed by atoms with Gasteiger partial charge < -0.3 is 5.32 Å². The fraction of sp³-hybridized carbons (Fsp3) is 0.500. The molecule has 1 saturated carbocycles. The van der Waals surface area contributed by atoms with Crippen LogP contribution in [0.4, 0.5) is 0 Å². The van der Waals surface area contributed by atoms with Gasteiger partial charge in [-0.1, -0.05) is 38.0 Å². The van der Waals surface area contributed by atoms with Crippen LogP contribution in [-0.2, 0) is 6.54 Å². The average Bonchev–Trinajstić information content (AvgIpc) is 2.57. The average molecular weight is 313 g/mol. The van der Waals surface area contributed by atoms with Crippen LogP contribution in [0.2, 0.25) is 0 Å². The van der Waals surface area contributed by atoms with E-state index in [-0.39, 0.29) is 17.5 Å². The minimum Gasteiger partial charge on any atom is -0.348 e. The van der Waals surface area contributed by atoms with Crippen molar-refractivity contribution >= 4 is 16.7 Å². The third kappa shape index (κ3) is 3.00. The molecule has 23 heavy (non-hydrogen) atoms. The maximum atomic E-state index is 12.8. The van der Waals surface area contributed by atoms with Crippen LogP contribution in [0.5, 0.6) is 0 Å². The van der Waals surface area contributed by atoms with Crippen LogP contribution >= 0.6 is 0 Å². The molecule has 1 fully saturated rings. The molecule has 0 unspecified atom stereocenters. The topological polar surface area (TPSA) is 64.0 Å². The number of hydrogen-bond acceptors (Lipinski definition) is 3. The molecule has 1 heterocycles. The molecule has 1 N–H and O–H groups in total. The Labute approximate surface area is 135 Å². The number of benzene rings is 1. The maximum Gasteiger partial charge on any atom is 0.274 e. The molecule has 0 saturated heterocycles. The number of carbonyl (C=O) groups is 1. The van der Waals surface area contributed by atoms with Gasteiger partial charge in [-0.2, -0.15) is 5.10 Å². The smallest absolute Gasteiger partial charge is 0.274 e. The minimum absolute atomic E-state index is 0.148. The maximum absolute atomic E-state index is 12.8. The van der Waals surface area contributed by atoms with Crippen LogP contribution in [0.1, 0.15) is 50.0 Å². The molecule has 1 aromatic heterocycles. The fourth-order valence-electron chi connectivity index (χ4n) is 3.38. The fourth-order valence-corrected chi connectivity index (χ4v) is 3.38. The molecule has 0 radical (unpaired) electrons. The molecule has 5 heteroatoms. The van der Waals surface area contributed by atoms with E-state index in [4.69, 9.17) is 0 Å². The Bertz CT molecular complexity index is 781. The summed E-state index contributed by atoms with van der Waals surface area (Å²) in [6.45, 7) is 4.49. The Kier molecular flexibility index (Phi) is 4.46. The molecular weight excluding hydrogens is 290 g/mol. The Morgan fingerprint density at radius 2 is 1.96 bits per heavy atom. The first kappa shape index (κ1) is 15.7. The van der Waals surface area contributed by atoms with Gasteiger partial charge in [-0.25, -0.2) is 4.68 Å². The van der Waals surface area contributed by atoms with Gasteiger partial charge in [-0.15, -0.1) is 0 Å². The van der Waals surface area contributed by atoms with Gasteiger partial charge in [-0.05, 0) is 31.7 Å². The summed E-state index contributed by atoms with van der Waals surface area (Å²) in [6.07, 6.45) is 4.54. The van der Waals surface area contributed by atoms with Crippen molar-refractivity contribution in [2.24, 2.45) is 5.92 Å². The molecule has 0 bridgehead atoms. The second-order valence-electron chi connectivity index (χ2n) is 6.36. The number of carbonyl (C=O) groups excluding carboxylic acids is 1. The Morgan fingerprint density at radius 1 is 1.26 bits per heavy atom. The Balaban J connectivity index is 2.00. The van der Waals surface area contributed by atoms with Crippen molar-refractivity contribution in [3.05, 3.63) is 40.3 Å². The lowest BCUT2D eigenvalue weighted by atomic mass is 9.86. The quantitative estimate of drug-likeness (QED) is 0.947. The van der Waals surface area contributed by atoms with E-state index < -0.39 is 0 Å². The molecule has 1 aliphatic carbocycles. The summed E-state index contributed by atoms with van der Waals surface area (Å²) in [4.78, 5) is 25.1. The van der Waals surface area contributed by atoms with Crippen LogP contribution < -0.4 is 10.9 Å². The summed E-state index contributed by atoms with van der Waals surface area (Å²) < 4.78 is 1.36. The normalized spacial score (nSPS) is 21.3. The van der Waals surface area contributed by atoms with Gasteiger partial charge in [-0.3, -0.25) is 9.59 Å². The van der Waals surface area contributed by atoms with Gasteiger partial charge in [0.2, 0.25) is 0 Å². The number of fused-ring (bicyclic) bond motifs is 1. The monoisotopic (exact) mass is 313 g/mol. The first-order valence-corrected chi connectivity index (χ1v) is 8.42. The molecule has 122 valence electrons. The van der Waals surface area contributed by atoms with E-state index in [1.807, 2.05) is 19.1 Å². The lowest BCUT2D eigenvalue weighted by Crippen LogP contribution is -2.42. The van der Waals surface area contributed by atoms with Crippen molar-refractivity contribution in [2.75, 3.05) is 0 Å². The number of nitrogens with one attached hydrogen (secondary N) is 1. The molecule has 2 aromatic rings. The Hall–Kier alpha value is -2.17. The highest BCUT2D eigenvalue weighted by atomic mass is 16.2. The summed E-state index contributed by atoms with van der Waals surface area (Å²) >= 11 is 0. The molecule has 2 atom stereocenters. The first-order chi connectivity index (χ1) is 11.1. The van der Waals surface area contributed by atoms with Crippen molar-refractivity contribution in [3.8, 4) is 0 Å². The molecule has 5 nitrogen and oxygen atoms in total. The molecule has 0 aliphatic heterocycles. The van der Waals surface area contributed by atoms with E-state index in [9.17, 15) is 9.59 Å². The highest BCUT2D eigenvalue weighted by Crippen LogP contribution is 2.24. The highest BCUT2D eigenvalue weighted by molar-refractivity contribution is 6.04. The molecule has 0 spiro atoms. The molecular formula is C18H23N3O2. The first-order valence-electron chi connectivity index (χ1n) is 8.42. The number of rotatable bonds is 3. The zero-order chi connectivity index (χ0) is 16.4. The standard InChI is InChI=1S/C18H23N3O2/c1-3-21-18(23)14-10-6-5-9-13(14)16(20-21)17(22)19-15-11-7-4-8-12(15)2/h5-6,9-10,12,15H,3-4,7-8,11H2,1-2H3,(H,19,22)/t12-,15+/m0/s1. The summed E-state index contributed by atoms with van der Waals surface area (Å²) in [5.74, 6) is 0.304. The summed E-state index contributed by atoms with van der Waals surface area (Å²) in [7, 11) is 0. The second-order valence-corrected chi connectivity index (χ2v) is 6.36. The van der Waals surface area contributed by atoms with E-state index in [1.54, 1.807) is 12.1 Å². The van der Waals surface area contributed by atoms with Crippen LogP contribution in [-0.4, -0.2) is 21.7 Å².